The molecule has 2 aromatic carbocycles. The smallest absolute Gasteiger partial charge is 0.465 e. The van der Waals surface area contributed by atoms with E-state index in [0.717, 1.165) is 54.9 Å². The number of halogens is 3. The van der Waals surface area contributed by atoms with Crippen molar-refractivity contribution >= 4 is 22.4 Å². The van der Waals surface area contributed by atoms with Crippen molar-refractivity contribution in [2.24, 2.45) is 0 Å². The molecular formula is C32H30F3N3O5S. The standard InChI is InChI=1S/C32H30F3N3O5S/c1-40-30(39)20-10-6-18(7-11-20)26-17-44-31(36-26)38-21-12-13-22(38)15-23(14-21)41-16-25-28(37-43-29(25)19-8-9-19)24-4-2-3-5-27(24)42-32(33,34)35/h2-7,10-11,17,19,21-23H,8-9,12-16H2,1H3/t21-,22+,23?. The molecule has 2 aliphatic heterocycles. The number of hydrogen-bond acceptors (Lipinski definition) is 9. The number of hydrogen-bond donors (Lipinski definition) is 0. The van der Waals surface area contributed by atoms with Crippen LogP contribution in [0.2, 0.25) is 0 Å². The van der Waals surface area contributed by atoms with E-state index in [1.807, 2.05) is 17.5 Å². The second-order valence-electron chi connectivity index (χ2n) is 11.5. The number of aromatic nitrogens is 2. The minimum atomic E-state index is -4.82. The fraction of sp³-hybridized carbons (Fsp3) is 0.406. The summed E-state index contributed by atoms with van der Waals surface area (Å²) in [5.74, 6) is 0.212. The van der Waals surface area contributed by atoms with Gasteiger partial charge in [-0.25, -0.2) is 9.78 Å². The molecule has 4 aromatic rings. The lowest BCUT2D eigenvalue weighted by Crippen LogP contribution is -2.45. The summed E-state index contributed by atoms with van der Waals surface area (Å²) in [6, 6.07) is 13.8. The number of esters is 1. The molecule has 3 fully saturated rings. The van der Waals surface area contributed by atoms with E-state index in [-0.39, 0.29) is 48.0 Å². The third-order valence-corrected chi connectivity index (χ3v) is 9.46. The number of ether oxygens (including phenoxy) is 3. The minimum Gasteiger partial charge on any atom is -0.465 e. The van der Waals surface area contributed by atoms with Crippen LogP contribution in [-0.2, 0) is 16.1 Å². The molecule has 0 radical (unpaired) electrons. The normalized spacial score (nSPS) is 21.5. The van der Waals surface area contributed by atoms with Gasteiger partial charge < -0.3 is 23.6 Å². The van der Waals surface area contributed by atoms with Crippen LogP contribution in [0.4, 0.5) is 18.3 Å². The van der Waals surface area contributed by atoms with Gasteiger partial charge in [-0.1, -0.05) is 29.4 Å². The lowest BCUT2D eigenvalue weighted by Gasteiger charge is -2.38. The van der Waals surface area contributed by atoms with Crippen molar-refractivity contribution in [3.8, 4) is 28.3 Å². The van der Waals surface area contributed by atoms with Gasteiger partial charge in [-0.05, 0) is 62.8 Å². The van der Waals surface area contributed by atoms with Crippen LogP contribution in [0.1, 0.15) is 66.1 Å². The van der Waals surface area contributed by atoms with Gasteiger partial charge in [0.25, 0.3) is 0 Å². The van der Waals surface area contributed by atoms with Gasteiger partial charge in [0.1, 0.15) is 17.2 Å². The van der Waals surface area contributed by atoms with Crippen molar-refractivity contribution in [2.45, 2.75) is 75.6 Å². The van der Waals surface area contributed by atoms with Crippen LogP contribution in [0.5, 0.6) is 5.75 Å². The Morgan fingerprint density at radius 2 is 1.77 bits per heavy atom. The minimum absolute atomic E-state index is 0.00878. The summed E-state index contributed by atoms with van der Waals surface area (Å²) in [5, 5.41) is 7.21. The van der Waals surface area contributed by atoms with Crippen molar-refractivity contribution in [1.82, 2.24) is 10.1 Å². The van der Waals surface area contributed by atoms with Crippen molar-refractivity contribution in [3.05, 3.63) is 70.8 Å². The highest BCUT2D eigenvalue weighted by Gasteiger charge is 2.43. The molecule has 1 saturated carbocycles. The average Bonchev–Trinajstić information content (AvgIpc) is 3.48. The quantitative estimate of drug-likeness (QED) is 0.175. The Morgan fingerprint density at radius 1 is 1.05 bits per heavy atom. The number of thiazole rings is 1. The third kappa shape index (κ3) is 5.80. The average molecular weight is 626 g/mol. The van der Waals surface area contributed by atoms with Crippen molar-refractivity contribution in [1.29, 1.82) is 0 Å². The molecule has 3 atom stereocenters. The molecule has 0 spiro atoms. The number of benzene rings is 2. The van der Waals surface area contributed by atoms with E-state index in [4.69, 9.17) is 19.0 Å². The molecule has 0 amide bonds. The highest BCUT2D eigenvalue weighted by Crippen LogP contribution is 2.47. The molecule has 2 aromatic heterocycles. The fourth-order valence-electron chi connectivity index (χ4n) is 6.40. The molecule has 7 rings (SSSR count). The predicted octanol–water partition coefficient (Wildman–Crippen LogP) is 7.74. The highest BCUT2D eigenvalue weighted by molar-refractivity contribution is 7.14. The van der Waals surface area contributed by atoms with Crippen molar-refractivity contribution in [2.75, 3.05) is 12.0 Å². The van der Waals surface area contributed by atoms with Crippen LogP contribution in [0.25, 0.3) is 22.5 Å². The number of rotatable bonds is 9. The number of carbonyl (C=O) groups is 1. The first-order valence-corrected chi connectivity index (χ1v) is 15.5. The molecule has 2 saturated heterocycles. The molecule has 1 unspecified atom stereocenters. The number of nitrogens with zero attached hydrogens (tertiary/aromatic N) is 3. The Hall–Kier alpha value is -3.90. The predicted molar refractivity (Wildman–Crippen MR) is 157 cm³/mol. The maximum Gasteiger partial charge on any atom is 0.573 e. The molecule has 4 heterocycles. The summed E-state index contributed by atoms with van der Waals surface area (Å²) in [7, 11) is 1.36. The largest absolute Gasteiger partial charge is 0.573 e. The lowest BCUT2D eigenvalue weighted by atomic mass is 10.00. The van der Waals surface area contributed by atoms with E-state index < -0.39 is 6.36 Å². The Morgan fingerprint density at radius 3 is 2.45 bits per heavy atom. The topological polar surface area (TPSA) is 86.9 Å². The van der Waals surface area contributed by atoms with E-state index in [0.29, 0.717) is 22.6 Å². The zero-order valence-electron chi connectivity index (χ0n) is 23.9. The van der Waals surface area contributed by atoms with Crippen LogP contribution < -0.4 is 9.64 Å². The molecule has 44 heavy (non-hydrogen) atoms. The molecule has 3 aliphatic rings. The molecule has 0 N–H and O–H groups in total. The van der Waals surface area contributed by atoms with E-state index in [1.54, 1.807) is 35.6 Å². The maximum atomic E-state index is 13.1. The Kier molecular flexibility index (Phi) is 7.57. The summed E-state index contributed by atoms with van der Waals surface area (Å²) < 4.78 is 60.7. The van der Waals surface area contributed by atoms with E-state index in [1.165, 1.54) is 19.2 Å². The van der Waals surface area contributed by atoms with Crippen LogP contribution in [0, 0.1) is 0 Å². The van der Waals surface area contributed by atoms with Gasteiger partial charge in [0.2, 0.25) is 0 Å². The molecule has 8 nitrogen and oxygen atoms in total. The molecular weight excluding hydrogens is 595 g/mol. The van der Waals surface area contributed by atoms with E-state index >= 15 is 0 Å². The van der Waals surface area contributed by atoms with E-state index in [2.05, 4.69) is 14.8 Å². The number of fused-ring (bicyclic) bond motifs is 2. The highest BCUT2D eigenvalue weighted by atomic mass is 32.1. The van der Waals surface area contributed by atoms with Crippen LogP contribution in [0.15, 0.2) is 58.4 Å². The maximum absolute atomic E-state index is 13.1. The number of anilines is 1. The zero-order chi connectivity index (χ0) is 30.4. The molecule has 12 heteroatoms. The van der Waals surface area contributed by atoms with Gasteiger partial charge in [-0.2, -0.15) is 0 Å². The van der Waals surface area contributed by atoms with Crippen molar-refractivity contribution in [3.63, 3.8) is 0 Å². The Bertz CT molecular complexity index is 1640. The monoisotopic (exact) mass is 625 g/mol. The van der Waals surface area contributed by atoms with Crippen LogP contribution >= 0.6 is 11.3 Å². The summed E-state index contributed by atoms with van der Waals surface area (Å²) >= 11 is 1.61. The second kappa shape index (κ2) is 11.6. The number of para-hydroxylation sites is 1. The third-order valence-electron chi connectivity index (χ3n) is 8.60. The Balaban J connectivity index is 1.05. The number of piperidine rings is 1. The summed E-state index contributed by atoms with van der Waals surface area (Å²) in [5.41, 5.74) is 3.55. The zero-order valence-corrected chi connectivity index (χ0v) is 24.7. The number of alkyl halides is 3. The second-order valence-corrected chi connectivity index (χ2v) is 12.3. The summed E-state index contributed by atoms with van der Waals surface area (Å²) in [4.78, 5) is 19.1. The summed E-state index contributed by atoms with van der Waals surface area (Å²) in [6.45, 7) is 0.206. The van der Waals surface area contributed by atoms with Gasteiger partial charge in [0.05, 0.1) is 31.1 Å². The summed E-state index contributed by atoms with van der Waals surface area (Å²) in [6.07, 6.45) is 0.815. The van der Waals surface area contributed by atoms with Crippen LogP contribution in [0.3, 0.4) is 0 Å². The SMILES string of the molecule is COC(=O)c1ccc(-c2csc(N3[C@@H]4CC[C@H]3CC(OCc3c(-c5ccccc5OC(F)(F)F)noc3C3CC3)C4)n2)cc1. The molecule has 230 valence electrons. The first-order chi connectivity index (χ1) is 21.3. The molecule has 1 aliphatic carbocycles. The van der Waals surface area contributed by atoms with Gasteiger partial charge in [0.15, 0.2) is 5.13 Å². The van der Waals surface area contributed by atoms with Gasteiger partial charge >= 0.3 is 12.3 Å². The molecule has 2 bridgehead atoms. The lowest BCUT2D eigenvalue weighted by molar-refractivity contribution is -0.274. The first kappa shape index (κ1) is 28.8. The number of methoxy groups -OCH3 is 1. The van der Waals surface area contributed by atoms with E-state index in [9.17, 15) is 18.0 Å². The van der Waals surface area contributed by atoms with Gasteiger partial charge in [-0.15, -0.1) is 24.5 Å². The van der Waals surface area contributed by atoms with Gasteiger partial charge in [0, 0.05) is 40.1 Å². The van der Waals surface area contributed by atoms with Crippen molar-refractivity contribution < 1.29 is 36.7 Å². The van der Waals surface area contributed by atoms with Crippen LogP contribution in [-0.4, -0.2) is 47.8 Å². The fourth-order valence-corrected chi connectivity index (χ4v) is 7.38. The van der Waals surface area contributed by atoms with Gasteiger partial charge in [-0.3, -0.25) is 0 Å². The first-order valence-electron chi connectivity index (χ1n) is 14.6. The number of carbonyl (C=O) groups excluding carboxylic acids is 1. The Labute approximate surface area is 255 Å².